The summed E-state index contributed by atoms with van der Waals surface area (Å²) in [5.74, 6) is 1.08. The van der Waals surface area contributed by atoms with E-state index in [4.69, 9.17) is 34.4 Å². The number of nitrogens with one attached hydrogen (secondary N) is 1. The van der Waals surface area contributed by atoms with Crippen LogP contribution >= 0.6 is 45.8 Å². The SMILES string of the molecule is C#CCNC(=O)COC(=O)c1cc(Cl)cc(Cl)c1I. The summed E-state index contributed by atoms with van der Waals surface area (Å²) in [4.78, 5) is 23.0. The van der Waals surface area contributed by atoms with E-state index in [0.717, 1.165) is 0 Å². The number of hydrogen-bond acceptors (Lipinski definition) is 3. The molecule has 0 atom stereocenters. The second-order valence-corrected chi connectivity index (χ2v) is 5.23. The van der Waals surface area contributed by atoms with Crippen molar-refractivity contribution in [3.05, 3.63) is 31.3 Å². The molecule has 0 saturated heterocycles. The third-order valence-electron chi connectivity index (χ3n) is 1.93. The summed E-state index contributed by atoms with van der Waals surface area (Å²) in [6.45, 7) is -0.336. The first-order valence-corrected chi connectivity index (χ1v) is 6.81. The van der Waals surface area contributed by atoms with Gasteiger partial charge in [0.1, 0.15) is 0 Å². The van der Waals surface area contributed by atoms with Crippen LogP contribution in [0, 0.1) is 15.9 Å². The van der Waals surface area contributed by atoms with Gasteiger partial charge in [0.2, 0.25) is 0 Å². The van der Waals surface area contributed by atoms with Crippen LogP contribution < -0.4 is 5.32 Å². The Bertz CT molecular complexity index is 555. The minimum Gasteiger partial charge on any atom is -0.452 e. The molecule has 0 aliphatic heterocycles. The number of carbonyl (C=O) groups is 2. The van der Waals surface area contributed by atoms with E-state index in [0.29, 0.717) is 13.6 Å². The third kappa shape index (κ3) is 4.90. The Morgan fingerprint density at radius 3 is 2.74 bits per heavy atom. The molecule has 1 aromatic carbocycles. The molecule has 0 spiro atoms. The number of ether oxygens (including phenoxy) is 1. The van der Waals surface area contributed by atoms with Gasteiger partial charge in [-0.1, -0.05) is 29.1 Å². The van der Waals surface area contributed by atoms with Crippen LogP contribution in [0.3, 0.4) is 0 Å². The minimum atomic E-state index is -0.676. The third-order valence-corrected chi connectivity index (χ3v) is 3.93. The van der Waals surface area contributed by atoms with Crippen molar-refractivity contribution < 1.29 is 14.3 Å². The summed E-state index contributed by atoms with van der Waals surface area (Å²) < 4.78 is 5.35. The van der Waals surface area contributed by atoms with Crippen molar-refractivity contribution in [1.82, 2.24) is 5.32 Å². The average Bonchev–Trinajstić information content (AvgIpc) is 2.37. The van der Waals surface area contributed by atoms with Gasteiger partial charge in [-0.05, 0) is 34.7 Å². The molecule has 19 heavy (non-hydrogen) atoms. The molecule has 4 nitrogen and oxygen atoms in total. The van der Waals surface area contributed by atoms with E-state index in [1.807, 2.05) is 22.6 Å². The van der Waals surface area contributed by atoms with Crippen molar-refractivity contribution in [2.24, 2.45) is 0 Å². The molecule has 1 amide bonds. The molecule has 7 heteroatoms. The predicted octanol–water partition coefficient (Wildman–Crippen LogP) is 2.50. The van der Waals surface area contributed by atoms with Crippen LogP contribution in [0.4, 0.5) is 0 Å². The second-order valence-electron chi connectivity index (χ2n) is 3.31. The van der Waals surface area contributed by atoms with E-state index in [2.05, 4.69) is 11.2 Å². The molecule has 100 valence electrons. The summed E-state index contributed by atoms with van der Waals surface area (Å²) in [6.07, 6.45) is 4.97. The highest BCUT2D eigenvalue weighted by Gasteiger charge is 2.16. The molecule has 1 aromatic rings. The highest BCUT2D eigenvalue weighted by atomic mass is 127. The van der Waals surface area contributed by atoms with E-state index in [1.165, 1.54) is 12.1 Å². The monoisotopic (exact) mass is 411 g/mol. The van der Waals surface area contributed by atoms with E-state index < -0.39 is 18.5 Å². The summed E-state index contributed by atoms with van der Waals surface area (Å²) in [6, 6.07) is 2.94. The van der Waals surface area contributed by atoms with E-state index in [9.17, 15) is 9.59 Å². The number of carbonyl (C=O) groups excluding carboxylic acids is 2. The van der Waals surface area contributed by atoms with Crippen molar-refractivity contribution >= 4 is 57.7 Å². The Hall–Kier alpha value is -0.970. The maximum atomic E-state index is 11.8. The first kappa shape index (κ1) is 16.1. The first-order valence-electron chi connectivity index (χ1n) is 4.97. The van der Waals surface area contributed by atoms with Crippen molar-refractivity contribution in [3.8, 4) is 12.3 Å². The number of halogens is 3. The van der Waals surface area contributed by atoms with Crippen molar-refractivity contribution in [2.75, 3.05) is 13.2 Å². The topological polar surface area (TPSA) is 55.4 Å². The average molecular weight is 412 g/mol. The number of hydrogen-bond donors (Lipinski definition) is 1. The summed E-state index contributed by atoms with van der Waals surface area (Å²) in [5.41, 5.74) is 0.211. The summed E-state index contributed by atoms with van der Waals surface area (Å²) in [7, 11) is 0. The lowest BCUT2D eigenvalue weighted by atomic mass is 10.2. The molecular formula is C12H8Cl2INO3. The minimum absolute atomic E-state index is 0.0803. The number of amides is 1. The van der Waals surface area contributed by atoms with Gasteiger partial charge in [0.25, 0.3) is 5.91 Å². The van der Waals surface area contributed by atoms with Gasteiger partial charge in [0.05, 0.1) is 17.1 Å². The van der Waals surface area contributed by atoms with Gasteiger partial charge >= 0.3 is 5.97 Å². The highest BCUT2D eigenvalue weighted by Crippen LogP contribution is 2.27. The Kier molecular flexibility index (Phi) is 6.42. The fourth-order valence-electron chi connectivity index (χ4n) is 1.11. The zero-order valence-corrected chi connectivity index (χ0v) is 13.2. The lowest BCUT2D eigenvalue weighted by molar-refractivity contribution is -0.123. The largest absolute Gasteiger partial charge is 0.452 e. The normalized spacial score (nSPS) is 9.58. The molecule has 0 radical (unpaired) electrons. The maximum absolute atomic E-state index is 11.8. The zero-order chi connectivity index (χ0) is 14.4. The smallest absolute Gasteiger partial charge is 0.339 e. The maximum Gasteiger partial charge on any atom is 0.339 e. The molecule has 0 saturated carbocycles. The van der Waals surface area contributed by atoms with Gasteiger partial charge in [0.15, 0.2) is 6.61 Å². The molecule has 0 heterocycles. The van der Waals surface area contributed by atoms with Crippen molar-refractivity contribution in [3.63, 3.8) is 0 Å². The van der Waals surface area contributed by atoms with Gasteiger partial charge in [-0.25, -0.2) is 4.79 Å². The highest BCUT2D eigenvalue weighted by molar-refractivity contribution is 14.1. The van der Waals surface area contributed by atoms with E-state index in [-0.39, 0.29) is 12.1 Å². The predicted molar refractivity (Wildman–Crippen MR) is 81.3 cm³/mol. The molecule has 1 rings (SSSR count). The van der Waals surface area contributed by atoms with Crippen molar-refractivity contribution in [1.29, 1.82) is 0 Å². The van der Waals surface area contributed by atoms with Crippen LogP contribution in [0.1, 0.15) is 10.4 Å². The van der Waals surface area contributed by atoms with Crippen molar-refractivity contribution in [2.45, 2.75) is 0 Å². The van der Waals surface area contributed by atoms with E-state index in [1.54, 1.807) is 0 Å². The lowest BCUT2D eigenvalue weighted by Gasteiger charge is -2.08. The lowest BCUT2D eigenvalue weighted by Crippen LogP contribution is -2.29. The van der Waals surface area contributed by atoms with Gasteiger partial charge in [-0.2, -0.15) is 0 Å². The van der Waals surface area contributed by atoms with Crippen LogP contribution in [-0.4, -0.2) is 25.0 Å². The fourth-order valence-corrected chi connectivity index (χ4v) is 2.14. The van der Waals surface area contributed by atoms with Gasteiger partial charge < -0.3 is 10.1 Å². The molecule has 0 bridgehead atoms. The summed E-state index contributed by atoms with van der Waals surface area (Å²) in [5, 5.41) is 3.03. The molecule has 0 aromatic heterocycles. The number of terminal acetylenes is 1. The fraction of sp³-hybridized carbons (Fsp3) is 0.167. The van der Waals surface area contributed by atoms with E-state index >= 15 is 0 Å². The van der Waals surface area contributed by atoms with Crippen LogP contribution in [0.25, 0.3) is 0 Å². The van der Waals surface area contributed by atoms with Gasteiger partial charge in [-0.15, -0.1) is 6.42 Å². The molecular weight excluding hydrogens is 404 g/mol. The quantitative estimate of drug-likeness (QED) is 0.358. The molecule has 0 unspecified atom stereocenters. The van der Waals surface area contributed by atoms with Crippen LogP contribution in [0.5, 0.6) is 0 Å². The summed E-state index contributed by atoms with van der Waals surface area (Å²) >= 11 is 13.6. The first-order chi connectivity index (χ1) is 8.95. The molecule has 1 N–H and O–H groups in total. The second kappa shape index (κ2) is 7.58. The Balaban J connectivity index is 2.69. The number of benzene rings is 1. The molecule has 0 fully saturated rings. The molecule has 0 aliphatic carbocycles. The molecule has 0 aliphatic rings. The number of rotatable bonds is 4. The van der Waals surface area contributed by atoms with Crippen LogP contribution in [-0.2, 0) is 9.53 Å². The van der Waals surface area contributed by atoms with Gasteiger partial charge in [0, 0.05) is 8.59 Å². The van der Waals surface area contributed by atoms with Crippen LogP contribution in [0.2, 0.25) is 10.0 Å². The zero-order valence-electron chi connectivity index (χ0n) is 9.50. The van der Waals surface area contributed by atoms with Crippen LogP contribution in [0.15, 0.2) is 12.1 Å². The Labute approximate surface area is 133 Å². The Morgan fingerprint density at radius 2 is 2.11 bits per heavy atom. The Morgan fingerprint density at radius 1 is 1.42 bits per heavy atom. The van der Waals surface area contributed by atoms with Gasteiger partial charge in [-0.3, -0.25) is 4.79 Å². The number of esters is 1. The standard InChI is InChI=1S/C12H8Cl2INO3/c1-2-3-16-10(17)6-19-12(18)8-4-7(13)5-9(14)11(8)15/h1,4-5H,3,6H2,(H,16,17).